The van der Waals surface area contributed by atoms with Crippen LogP contribution in [-0.4, -0.2) is 34.7 Å². The van der Waals surface area contributed by atoms with Crippen LogP contribution in [0.1, 0.15) is 32.6 Å². The molecule has 31 heavy (non-hydrogen) atoms. The SMILES string of the molecule is CCC(CC)NC(=O)C1CN(Cc2nc(-c3cccc(Cl)c3)no2)c2ccccc2O1. The second kappa shape index (κ2) is 9.39. The van der Waals surface area contributed by atoms with Gasteiger partial charge in [-0.1, -0.05) is 54.9 Å². The van der Waals surface area contributed by atoms with Crippen molar-refractivity contribution < 1.29 is 14.1 Å². The molecule has 0 fully saturated rings. The largest absolute Gasteiger partial charge is 0.477 e. The van der Waals surface area contributed by atoms with Gasteiger partial charge in [0.15, 0.2) is 6.10 Å². The number of fused-ring (bicyclic) bond motifs is 1. The van der Waals surface area contributed by atoms with Crippen molar-refractivity contribution in [2.24, 2.45) is 0 Å². The third kappa shape index (κ3) is 4.82. The molecule has 162 valence electrons. The summed E-state index contributed by atoms with van der Waals surface area (Å²) in [4.78, 5) is 19.4. The number of benzene rings is 2. The van der Waals surface area contributed by atoms with Crippen LogP contribution in [0.15, 0.2) is 53.1 Å². The Bertz CT molecular complexity index is 1050. The van der Waals surface area contributed by atoms with Crippen molar-refractivity contribution in [3.8, 4) is 17.1 Å². The van der Waals surface area contributed by atoms with E-state index in [0.29, 0.717) is 35.6 Å². The molecule has 1 aliphatic heterocycles. The molecule has 1 N–H and O–H groups in total. The summed E-state index contributed by atoms with van der Waals surface area (Å²) in [5.74, 6) is 1.47. The van der Waals surface area contributed by atoms with Gasteiger partial charge in [-0.2, -0.15) is 4.98 Å². The third-order valence-electron chi connectivity index (χ3n) is 5.36. The second-order valence-corrected chi connectivity index (χ2v) is 7.94. The molecule has 1 unspecified atom stereocenters. The van der Waals surface area contributed by atoms with Crippen molar-refractivity contribution in [1.29, 1.82) is 0 Å². The molecule has 0 spiro atoms. The van der Waals surface area contributed by atoms with E-state index < -0.39 is 6.10 Å². The number of amides is 1. The van der Waals surface area contributed by atoms with Gasteiger partial charge < -0.3 is 19.5 Å². The number of carbonyl (C=O) groups excluding carboxylic acids is 1. The Kier molecular flexibility index (Phi) is 6.42. The highest BCUT2D eigenvalue weighted by atomic mass is 35.5. The van der Waals surface area contributed by atoms with E-state index >= 15 is 0 Å². The average Bonchev–Trinajstić information content (AvgIpc) is 3.26. The molecule has 0 radical (unpaired) electrons. The van der Waals surface area contributed by atoms with Crippen LogP contribution >= 0.6 is 11.6 Å². The fourth-order valence-electron chi connectivity index (χ4n) is 3.61. The molecule has 1 aliphatic rings. The number of hydrogen-bond acceptors (Lipinski definition) is 6. The number of anilines is 1. The molecule has 7 nitrogen and oxygen atoms in total. The molecule has 4 rings (SSSR count). The van der Waals surface area contributed by atoms with Crippen molar-refractivity contribution in [1.82, 2.24) is 15.5 Å². The van der Waals surface area contributed by atoms with Crippen molar-refractivity contribution in [2.75, 3.05) is 11.4 Å². The molecular weight excluding hydrogens is 416 g/mol. The number of nitrogens with zero attached hydrogens (tertiary/aromatic N) is 3. The first-order valence-electron chi connectivity index (χ1n) is 10.5. The van der Waals surface area contributed by atoms with Crippen LogP contribution in [-0.2, 0) is 11.3 Å². The van der Waals surface area contributed by atoms with Gasteiger partial charge >= 0.3 is 0 Å². The summed E-state index contributed by atoms with van der Waals surface area (Å²) >= 11 is 6.07. The standard InChI is InChI=1S/C23H25ClN4O3/c1-3-17(4-2)25-23(29)20-13-28(18-10-5-6-11-19(18)30-20)14-21-26-22(27-31-21)15-8-7-9-16(24)12-15/h5-12,17,20H,3-4,13-14H2,1-2H3,(H,25,29). The van der Waals surface area contributed by atoms with E-state index in [1.54, 1.807) is 12.1 Å². The normalized spacial score (nSPS) is 15.5. The molecule has 0 saturated carbocycles. The first-order valence-corrected chi connectivity index (χ1v) is 10.8. The second-order valence-electron chi connectivity index (χ2n) is 7.50. The molecule has 1 atom stereocenters. The molecule has 1 amide bonds. The van der Waals surface area contributed by atoms with Gasteiger partial charge in [-0.25, -0.2) is 0 Å². The fraction of sp³-hybridized carbons (Fsp3) is 0.348. The minimum atomic E-state index is -0.620. The van der Waals surface area contributed by atoms with Crippen molar-refractivity contribution in [3.63, 3.8) is 0 Å². The quantitative estimate of drug-likeness (QED) is 0.584. The summed E-state index contributed by atoms with van der Waals surface area (Å²) < 4.78 is 11.5. The van der Waals surface area contributed by atoms with Gasteiger partial charge in [-0.15, -0.1) is 0 Å². The van der Waals surface area contributed by atoms with Crippen molar-refractivity contribution in [3.05, 3.63) is 59.4 Å². The lowest BCUT2D eigenvalue weighted by molar-refractivity contribution is -0.128. The topological polar surface area (TPSA) is 80.5 Å². The number of rotatable bonds is 7. The average molecular weight is 441 g/mol. The lowest BCUT2D eigenvalue weighted by Crippen LogP contribution is -2.51. The Hall–Kier alpha value is -3.06. The maximum absolute atomic E-state index is 12.8. The molecule has 0 bridgehead atoms. The van der Waals surface area contributed by atoms with E-state index in [4.69, 9.17) is 20.9 Å². The molecule has 3 aromatic rings. The van der Waals surface area contributed by atoms with Gasteiger partial charge in [-0.05, 0) is 37.1 Å². The zero-order chi connectivity index (χ0) is 21.8. The number of nitrogens with one attached hydrogen (secondary N) is 1. The van der Waals surface area contributed by atoms with Crippen LogP contribution in [0.25, 0.3) is 11.4 Å². The minimum Gasteiger partial charge on any atom is -0.477 e. The van der Waals surface area contributed by atoms with Crippen LogP contribution in [0.3, 0.4) is 0 Å². The smallest absolute Gasteiger partial charge is 0.263 e. The third-order valence-corrected chi connectivity index (χ3v) is 5.60. The van der Waals surface area contributed by atoms with Crippen LogP contribution < -0.4 is 15.0 Å². The van der Waals surface area contributed by atoms with Crippen LogP contribution in [0.2, 0.25) is 5.02 Å². The number of aromatic nitrogens is 2. The number of carbonyl (C=O) groups is 1. The van der Waals surface area contributed by atoms with E-state index in [1.807, 2.05) is 41.3 Å². The Morgan fingerprint density at radius 2 is 2.03 bits per heavy atom. The van der Waals surface area contributed by atoms with Crippen molar-refractivity contribution in [2.45, 2.75) is 45.4 Å². The minimum absolute atomic E-state index is 0.113. The lowest BCUT2D eigenvalue weighted by atomic mass is 10.1. The van der Waals surface area contributed by atoms with Gasteiger partial charge in [0.05, 0.1) is 18.8 Å². The van der Waals surface area contributed by atoms with Gasteiger partial charge in [0.1, 0.15) is 5.75 Å². The van der Waals surface area contributed by atoms with Gasteiger partial charge in [0.25, 0.3) is 5.91 Å². The summed E-state index contributed by atoms with van der Waals surface area (Å²) in [6.45, 7) is 4.87. The highest BCUT2D eigenvalue weighted by Gasteiger charge is 2.32. The molecule has 2 aromatic carbocycles. The van der Waals surface area contributed by atoms with E-state index in [-0.39, 0.29) is 11.9 Å². The fourth-order valence-corrected chi connectivity index (χ4v) is 3.80. The maximum Gasteiger partial charge on any atom is 0.263 e. The van der Waals surface area contributed by atoms with Gasteiger partial charge in [0.2, 0.25) is 11.7 Å². The zero-order valence-corrected chi connectivity index (χ0v) is 18.3. The summed E-state index contributed by atoms with van der Waals surface area (Å²) in [6.07, 6.45) is 1.14. The van der Waals surface area contributed by atoms with E-state index in [0.717, 1.165) is 24.1 Å². The summed E-state index contributed by atoms with van der Waals surface area (Å²) in [7, 11) is 0. The zero-order valence-electron chi connectivity index (χ0n) is 17.5. The molecule has 1 aromatic heterocycles. The Morgan fingerprint density at radius 3 is 2.81 bits per heavy atom. The molecule has 2 heterocycles. The number of hydrogen-bond donors (Lipinski definition) is 1. The monoisotopic (exact) mass is 440 g/mol. The van der Waals surface area contributed by atoms with Crippen LogP contribution in [0, 0.1) is 0 Å². The molecular formula is C23H25ClN4O3. The van der Waals surface area contributed by atoms with Gasteiger partial charge in [-0.3, -0.25) is 4.79 Å². The number of ether oxygens (including phenoxy) is 1. The lowest BCUT2D eigenvalue weighted by Gasteiger charge is -2.35. The predicted molar refractivity (Wildman–Crippen MR) is 119 cm³/mol. The Balaban J connectivity index is 1.54. The number of halogens is 1. The summed E-state index contributed by atoms with van der Waals surface area (Å²) in [5, 5.41) is 7.77. The van der Waals surface area contributed by atoms with E-state index in [9.17, 15) is 4.79 Å². The van der Waals surface area contributed by atoms with Crippen molar-refractivity contribution >= 4 is 23.2 Å². The Labute approximate surface area is 186 Å². The number of para-hydroxylation sites is 2. The summed E-state index contributed by atoms with van der Waals surface area (Å²) in [6, 6.07) is 15.1. The molecule has 0 aliphatic carbocycles. The predicted octanol–water partition coefficient (Wildman–Crippen LogP) is 4.46. The molecule has 8 heteroatoms. The van der Waals surface area contributed by atoms with E-state index in [1.165, 1.54) is 0 Å². The van der Waals surface area contributed by atoms with E-state index in [2.05, 4.69) is 29.3 Å². The summed E-state index contributed by atoms with van der Waals surface area (Å²) in [5.41, 5.74) is 1.67. The van der Waals surface area contributed by atoms with Gasteiger partial charge in [0, 0.05) is 16.6 Å². The first kappa shape index (κ1) is 21.2. The van der Waals surface area contributed by atoms with Crippen LogP contribution in [0.5, 0.6) is 5.75 Å². The first-order chi connectivity index (χ1) is 15.1. The maximum atomic E-state index is 12.8. The van der Waals surface area contributed by atoms with Crippen LogP contribution in [0.4, 0.5) is 5.69 Å². The molecule has 0 saturated heterocycles. The highest BCUT2D eigenvalue weighted by Crippen LogP contribution is 2.34. The highest BCUT2D eigenvalue weighted by molar-refractivity contribution is 6.30. The Morgan fingerprint density at radius 1 is 1.23 bits per heavy atom.